The summed E-state index contributed by atoms with van der Waals surface area (Å²) in [4.78, 5) is 13.1. The van der Waals surface area contributed by atoms with E-state index in [1.807, 2.05) is 12.1 Å². The van der Waals surface area contributed by atoms with Crippen LogP contribution in [0.5, 0.6) is 5.75 Å². The number of aliphatic hydroxyl groups excluding tert-OH is 3. The number of likely N-dealkylation sites (N-methyl/N-ethyl adjacent to an activating group) is 1. The number of rotatable bonds is 3. The molecule has 8 atom stereocenters. The van der Waals surface area contributed by atoms with Gasteiger partial charge in [-0.05, 0) is 68.4 Å². The van der Waals surface area contributed by atoms with Crippen LogP contribution in [0.25, 0.3) is 0 Å². The molecule has 0 aromatic heterocycles. The minimum absolute atomic E-state index is 0.0442. The molecular weight excluding hydrogens is 402 g/mol. The molecule has 3 fully saturated rings. The summed E-state index contributed by atoms with van der Waals surface area (Å²) < 4.78 is 35.2. The van der Waals surface area contributed by atoms with E-state index < -0.39 is 43.7 Å². The van der Waals surface area contributed by atoms with Gasteiger partial charge in [-0.1, -0.05) is 18.9 Å². The number of piperidine rings is 1. The smallest absolute Gasteiger partial charge is 0.335 e. The van der Waals surface area contributed by atoms with E-state index in [-0.39, 0.29) is 17.4 Å². The van der Waals surface area contributed by atoms with Gasteiger partial charge in [0, 0.05) is 15.6 Å². The lowest BCUT2D eigenvalue weighted by Gasteiger charge is -2.58. The van der Waals surface area contributed by atoms with Crippen LogP contribution < -0.4 is 4.74 Å². The van der Waals surface area contributed by atoms with Gasteiger partial charge >= 0.3 is 5.97 Å². The fourth-order valence-corrected chi connectivity index (χ4v) is 6.34. The molecule has 4 aliphatic rings. The van der Waals surface area contributed by atoms with E-state index in [1.54, 1.807) is 11.0 Å². The molecule has 0 radical (unpaired) electrons. The van der Waals surface area contributed by atoms with Crippen LogP contribution in [0, 0.1) is 5.92 Å². The number of carbonyl (C=O) groups is 1. The highest BCUT2D eigenvalue weighted by Gasteiger charge is 2.53. The fraction of sp³-hybridized carbons (Fsp3) is 0.696. The monoisotopic (exact) mass is 436 g/mol. The number of aliphatic hydroxyl groups is 3. The van der Waals surface area contributed by atoms with E-state index >= 15 is 0 Å². The normalized spacial score (nSPS) is 44.2. The Morgan fingerprint density at radius 3 is 2.84 bits per heavy atom. The number of nitrogens with zero attached hydrogens (tertiary/aromatic N) is 1. The largest absolute Gasteiger partial charge is 0.479 e. The van der Waals surface area contributed by atoms with Gasteiger partial charge in [-0.3, -0.25) is 0 Å². The number of carboxylic acids is 1. The van der Waals surface area contributed by atoms with Crippen LogP contribution in [0.4, 0.5) is 0 Å². The summed E-state index contributed by atoms with van der Waals surface area (Å²) in [6, 6.07) is 5.45. The predicted octanol–water partition coefficient (Wildman–Crippen LogP) is 0.646. The standard InChI is InChI=1S/C23H31NO7/c1-24-9-8-23-7-3-2-4-14(23)16(24)10-12-5-6-13(11-15(12)23)30-22-19(27)17(25)18(26)20(31-22)21(28)29/h5-6,11,14,16-20,22,25-27H,2-4,7-10H2,1H3,(H,28,29)/t14?,16-,17-,18-,19+,20-,22+,23-/m0/s1/i1D3. The average molecular weight is 437 g/mol. The van der Waals surface area contributed by atoms with Crippen LogP contribution in [-0.4, -0.2) is 81.6 Å². The van der Waals surface area contributed by atoms with Crippen LogP contribution in [0.3, 0.4) is 0 Å². The third-order valence-electron chi connectivity index (χ3n) is 7.87. The van der Waals surface area contributed by atoms with Gasteiger partial charge in [0.2, 0.25) is 6.29 Å². The van der Waals surface area contributed by atoms with E-state index in [0.29, 0.717) is 18.7 Å². The SMILES string of the molecule is [2H]C([2H])([2H])N1CC[C@@]23CCCCC2[C@@H]1Cc1ccc(O[C@@H]2O[C@H](C(=O)O)[C@@H](O)[C@H](O)[C@H]2O)cc13. The van der Waals surface area contributed by atoms with Gasteiger partial charge in [0.05, 0.1) is 0 Å². The summed E-state index contributed by atoms with van der Waals surface area (Å²) >= 11 is 0. The van der Waals surface area contributed by atoms with Gasteiger partial charge < -0.3 is 34.8 Å². The van der Waals surface area contributed by atoms with Gasteiger partial charge in [-0.25, -0.2) is 4.79 Å². The number of hydrogen-bond donors (Lipinski definition) is 4. The zero-order valence-electron chi connectivity index (χ0n) is 20.2. The number of carboxylic acid groups (broad SMARTS) is 1. The highest BCUT2D eigenvalue weighted by atomic mass is 16.7. The maximum absolute atomic E-state index is 11.4. The third kappa shape index (κ3) is 3.27. The summed E-state index contributed by atoms with van der Waals surface area (Å²) in [5, 5.41) is 39.6. The van der Waals surface area contributed by atoms with E-state index in [4.69, 9.17) is 13.6 Å². The quantitative estimate of drug-likeness (QED) is 0.545. The minimum atomic E-state index is -2.13. The molecule has 8 heteroatoms. The van der Waals surface area contributed by atoms with Crippen molar-refractivity contribution in [1.29, 1.82) is 0 Å². The topological polar surface area (TPSA) is 120 Å². The van der Waals surface area contributed by atoms with Gasteiger partial charge in [0.15, 0.2) is 6.10 Å². The molecule has 5 rings (SSSR count). The summed E-state index contributed by atoms with van der Waals surface area (Å²) in [5.74, 6) is -0.873. The van der Waals surface area contributed by atoms with Gasteiger partial charge in [0.25, 0.3) is 0 Å². The first-order valence-electron chi connectivity index (χ1n) is 12.5. The zero-order chi connectivity index (χ0) is 24.4. The molecular formula is C23H31NO7. The van der Waals surface area contributed by atoms with Crippen LogP contribution in [-0.2, 0) is 21.4 Å². The Morgan fingerprint density at radius 2 is 2.06 bits per heavy atom. The molecule has 170 valence electrons. The van der Waals surface area contributed by atoms with Gasteiger partial charge in [-0.15, -0.1) is 0 Å². The molecule has 1 aromatic carbocycles. The predicted molar refractivity (Wildman–Crippen MR) is 110 cm³/mol. The van der Waals surface area contributed by atoms with Crippen LogP contribution in [0.15, 0.2) is 18.2 Å². The van der Waals surface area contributed by atoms with Gasteiger partial charge in [0.1, 0.15) is 24.1 Å². The molecule has 2 aliphatic heterocycles. The minimum Gasteiger partial charge on any atom is -0.479 e. The summed E-state index contributed by atoms with van der Waals surface area (Å²) in [6.45, 7) is -1.63. The Balaban J connectivity index is 1.46. The summed E-state index contributed by atoms with van der Waals surface area (Å²) in [6.07, 6.45) is -2.90. The maximum Gasteiger partial charge on any atom is 0.335 e. The second-order valence-corrected chi connectivity index (χ2v) is 9.40. The van der Waals surface area contributed by atoms with Crippen molar-refractivity contribution in [1.82, 2.24) is 4.90 Å². The van der Waals surface area contributed by atoms with Crippen LogP contribution in [0.2, 0.25) is 0 Å². The van der Waals surface area contributed by atoms with Crippen molar-refractivity contribution in [3.05, 3.63) is 29.3 Å². The molecule has 2 bridgehead atoms. The van der Waals surface area contributed by atoms with E-state index in [1.165, 1.54) is 0 Å². The fourth-order valence-electron chi connectivity index (χ4n) is 6.34. The second-order valence-electron chi connectivity index (χ2n) is 9.40. The number of aliphatic carboxylic acids is 1. The number of benzene rings is 1. The van der Waals surface area contributed by atoms with E-state index in [2.05, 4.69) is 0 Å². The highest BCUT2D eigenvalue weighted by molar-refractivity contribution is 5.73. The van der Waals surface area contributed by atoms with Crippen molar-refractivity contribution >= 4 is 5.97 Å². The molecule has 1 unspecified atom stereocenters. The van der Waals surface area contributed by atoms with E-state index in [0.717, 1.165) is 43.2 Å². The third-order valence-corrected chi connectivity index (χ3v) is 7.87. The number of likely N-dealkylation sites (tertiary alicyclic amines) is 1. The van der Waals surface area contributed by atoms with Crippen LogP contribution in [0.1, 0.15) is 47.3 Å². The molecule has 1 saturated carbocycles. The van der Waals surface area contributed by atoms with Crippen molar-refractivity contribution in [2.24, 2.45) is 5.92 Å². The Hall–Kier alpha value is -1.71. The van der Waals surface area contributed by atoms with Crippen molar-refractivity contribution in [3.63, 3.8) is 0 Å². The molecule has 31 heavy (non-hydrogen) atoms. The first-order valence-corrected chi connectivity index (χ1v) is 11.0. The average Bonchev–Trinajstić information content (AvgIpc) is 2.78. The first-order chi connectivity index (χ1) is 16.0. The number of ether oxygens (including phenoxy) is 2. The van der Waals surface area contributed by atoms with Crippen molar-refractivity contribution in [2.75, 3.05) is 13.5 Å². The molecule has 4 N–H and O–H groups in total. The highest BCUT2D eigenvalue weighted by Crippen LogP contribution is 2.56. The van der Waals surface area contributed by atoms with Crippen molar-refractivity contribution < 1.29 is 38.8 Å². The molecule has 2 heterocycles. The lowest BCUT2D eigenvalue weighted by atomic mass is 9.52. The Kier molecular flexibility index (Phi) is 4.42. The van der Waals surface area contributed by atoms with Crippen LogP contribution >= 0.6 is 0 Å². The van der Waals surface area contributed by atoms with Crippen molar-refractivity contribution in [3.8, 4) is 5.75 Å². The zero-order valence-corrected chi connectivity index (χ0v) is 17.2. The molecule has 2 aliphatic carbocycles. The molecule has 1 aromatic rings. The molecule has 2 saturated heterocycles. The molecule has 0 spiro atoms. The van der Waals surface area contributed by atoms with E-state index in [9.17, 15) is 25.2 Å². The summed E-state index contributed by atoms with van der Waals surface area (Å²) in [7, 11) is 0. The second kappa shape index (κ2) is 7.71. The van der Waals surface area contributed by atoms with Gasteiger partial charge in [-0.2, -0.15) is 0 Å². The summed E-state index contributed by atoms with van der Waals surface area (Å²) in [5.41, 5.74) is 2.05. The number of fused-ring (bicyclic) bond motifs is 1. The van der Waals surface area contributed by atoms with Crippen molar-refractivity contribution in [2.45, 2.75) is 80.7 Å². The lowest BCUT2D eigenvalue weighted by Crippen LogP contribution is -2.61. The molecule has 0 amide bonds. The Labute approximate surface area is 185 Å². The maximum atomic E-state index is 11.4. The first kappa shape index (κ1) is 17.8. The Morgan fingerprint density at radius 1 is 1.23 bits per heavy atom. The number of hydrogen-bond acceptors (Lipinski definition) is 7. The Bertz CT molecular complexity index is 959. The lowest BCUT2D eigenvalue weighted by molar-refractivity contribution is -0.271. The molecule has 8 nitrogen and oxygen atoms in total.